The number of piperazine rings is 1. The lowest BCUT2D eigenvalue weighted by Crippen LogP contribution is -2.46. The van der Waals surface area contributed by atoms with E-state index in [1.54, 1.807) is 11.0 Å². The van der Waals surface area contributed by atoms with Crippen LogP contribution >= 0.6 is 0 Å². The third-order valence-corrected chi connectivity index (χ3v) is 3.74. The van der Waals surface area contributed by atoms with E-state index in [1.165, 1.54) is 6.33 Å². The highest BCUT2D eigenvalue weighted by Crippen LogP contribution is 2.24. The summed E-state index contributed by atoms with van der Waals surface area (Å²) in [5.41, 5.74) is -0.218. The van der Waals surface area contributed by atoms with Crippen molar-refractivity contribution in [2.24, 2.45) is 0 Å². The lowest BCUT2D eigenvalue weighted by atomic mass is 10.2. The van der Waals surface area contributed by atoms with E-state index in [4.69, 9.17) is 0 Å². The fourth-order valence-corrected chi connectivity index (χ4v) is 2.41. The van der Waals surface area contributed by atoms with Crippen LogP contribution < -0.4 is 10.2 Å². The molecular weight excluding hydrogens is 323 g/mol. The van der Waals surface area contributed by atoms with Gasteiger partial charge in [-0.3, -0.25) is 4.79 Å². The Balaban J connectivity index is 1.77. The number of hydrogen-bond acceptors (Lipinski definition) is 5. The molecule has 9 heteroatoms. The van der Waals surface area contributed by atoms with Crippen molar-refractivity contribution in [3.05, 3.63) is 42.0 Å². The Kier molecular flexibility index (Phi) is 4.50. The van der Waals surface area contributed by atoms with Crippen molar-refractivity contribution in [1.82, 2.24) is 14.9 Å². The largest absolute Gasteiger partial charge is 0.353 e. The fourth-order valence-electron chi connectivity index (χ4n) is 2.41. The Hall–Kier alpha value is -2.84. The van der Waals surface area contributed by atoms with Gasteiger partial charge in [0.15, 0.2) is 17.5 Å². The molecule has 0 bridgehead atoms. The zero-order valence-corrected chi connectivity index (χ0v) is 12.5. The second-order valence-electron chi connectivity index (χ2n) is 5.24. The van der Waals surface area contributed by atoms with Gasteiger partial charge in [-0.05, 0) is 12.1 Å². The van der Waals surface area contributed by atoms with Gasteiger partial charge in [0, 0.05) is 32.2 Å². The smallest absolute Gasteiger partial charge is 0.209 e. The Morgan fingerprint density at radius 2 is 1.79 bits per heavy atom. The minimum Gasteiger partial charge on any atom is -0.353 e. The highest BCUT2D eigenvalue weighted by molar-refractivity contribution is 5.60. The Labute approximate surface area is 135 Å². The maximum Gasteiger partial charge on any atom is 0.209 e. The highest BCUT2D eigenvalue weighted by Gasteiger charge is 2.18. The van der Waals surface area contributed by atoms with Gasteiger partial charge in [-0.25, -0.2) is 23.1 Å². The third-order valence-electron chi connectivity index (χ3n) is 3.74. The summed E-state index contributed by atoms with van der Waals surface area (Å²) in [5.74, 6) is -3.26. The third kappa shape index (κ3) is 3.24. The van der Waals surface area contributed by atoms with Crippen LogP contribution in [0.5, 0.6) is 0 Å². The summed E-state index contributed by atoms with van der Waals surface area (Å²) >= 11 is 0. The van der Waals surface area contributed by atoms with Crippen molar-refractivity contribution < 1.29 is 18.0 Å². The van der Waals surface area contributed by atoms with Crippen LogP contribution in [0.2, 0.25) is 0 Å². The summed E-state index contributed by atoms with van der Waals surface area (Å²) in [6.45, 7) is 2.37. The summed E-state index contributed by atoms with van der Waals surface area (Å²) in [5, 5.41) is 2.61. The summed E-state index contributed by atoms with van der Waals surface area (Å²) in [7, 11) is 0. The lowest BCUT2D eigenvalue weighted by molar-refractivity contribution is -0.118. The first-order valence-corrected chi connectivity index (χ1v) is 7.25. The van der Waals surface area contributed by atoms with E-state index in [0.29, 0.717) is 32.0 Å². The fraction of sp³-hybridized carbons (Fsp3) is 0.267. The molecule has 24 heavy (non-hydrogen) atoms. The van der Waals surface area contributed by atoms with E-state index in [1.807, 2.05) is 4.90 Å². The van der Waals surface area contributed by atoms with Crippen molar-refractivity contribution in [3.63, 3.8) is 0 Å². The molecule has 1 aliphatic rings. The number of anilines is 3. The molecule has 126 valence electrons. The minimum absolute atomic E-state index is 0.218. The molecule has 1 aromatic heterocycles. The lowest BCUT2D eigenvalue weighted by Gasteiger charge is -2.33. The standard InChI is InChI=1S/C15H14F3N5O/c16-10-1-2-11(15(18)14(10)17)21-12-7-13(20-8-19-12)23-5-3-22(9-24)4-6-23/h1-2,7-9H,3-6H2,(H,19,20,21). The van der Waals surface area contributed by atoms with Crippen LogP contribution in [0, 0.1) is 17.5 Å². The molecule has 0 atom stereocenters. The molecule has 1 aromatic carbocycles. The summed E-state index contributed by atoms with van der Waals surface area (Å²) in [4.78, 5) is 22.4. The number of carbonyl (C=O) groups excluding carboxylic acids is 1. The van der Waals surface area contributed by atoms with E-state index in [2.05, 4.69) is 15.3 Å². The first-order chi connectivity index (χ1) is 11.6. The first kappa shape index (κ1) is 16.0. The summed E-state index contributed by atoms with van der Waals surface area (Å²) < 4.78 is 39.9. The number of benzene rings is 1. The molecule has 0 radical (unpaired) electrons. The molecule has 0 spiro atoms. The normalized spacial score (nSPS) is 14.6. The monoisotopic (exact) mass is 337 g/mol. The number of nitrogens with zero attached hydrogens (tertiary/aromatic N) is 4. The van der Waals surface area contributed by atoms with Gasteiger partial charge in [0.25, 0.3) is 0 Å². The van der Waals surface area contributed by atoms with Crippen LogP contribution in [0.3, 0.4) is 0 Å². The van der Waals surface area contributed by atoms with Crippen molar-refractivity contribution in [3.8, 4) is 0 Å². The van der Waals surface area contributed by atoms with Gasteiger partial charge in [0.1, 0.15) is 18.0 Å². The molecule has 1 aliphatic heterocycles. The number of amides is 1. The van der Waals surface area contributed by atoms with E-state index >= 15 is 0 Å². The maximum absolute atomic E-state index is 13.7. The number of aromatic nitrogens is 2. The number of nitrogens with one attached hydrogen (secondary N) is 1. The van der Waals surface area contributed by atoms with Crippen molar-refractivity contribution in [2.75, 3.05) is 36.4 Å². The number of carbonyl (C=O) groups is 1. The molecule has 3 rings (SSSR count). The van der Waals surface area contributed by atoms with Crippen LogP contribution in [0.15, 0.2) is 24.5 Å². The minimum atomic E-state index is -1.54. The van der Waals surface area contributed by atoms with Gasteiger partial charge >= 0.3 is 0 Å². The molecule has 0 unspecified atom stereocenters. The molecule has 1 amide bonds. The summed E-state index contributed by atoms with van der Waals surface area (Å²) in [6.07, 6.45) is 2.09. The van der Waals surface area contributed by atoms with Gasteiger partial charge in [-0.2, -0.15) is 0 Å². The second-order valence-corrected chi connectivity index (χ2v) is 5.24. The SMILES string of the molecule is O=CN1CCN(c2cc(Nc3ccc(F)c(F)c3F)ncn2)CC1. The van der Waals surface area contributed by atoms with Crippen molar-refractivity contribution in [1.29, 1.82) is 0 Å². The molecule has 0 saturated carbocycles. The van der Waals surface area contributed by atoms with Crippen LogP contribution in [0.4, 0.5) is 30.5 Å². The Bertz CT molecular complexity index is 750. The Morgan fingerprint density at radius 1 is 1.04 bits per heavy atom. The number of rotatable bonds is 4. The molecule has 2 heterocycles. The zero-order chi connectivity index (χ0) is 17.1. The van der Waals surface area contributed by atoms with Crippen LogP contribution in [0.1, 0.15) is 0 Å². The molecule has 2 aromatic rings. The van der Waals surface area contributed by atoms with Gasteiger partial charge < -0.3 is 15.1 Å². The Morgan fingerprint density at radius 3 is 2.50 bits per heavy atom. The molecule has 1 saturated heterocycles. The predicted molar refractivity (Wildman–Crippen MR) is 81.5 cm³/mol. The average molecular weight is 337 g/mol. The van der Waals surface area contributed by atoms with E-state index in [9.17, 15) is 18.0 Å². The second kappa shape index (κ2) is 6.73. The quantitative estimate of drug-likeness (QED) is 0.682. The maximum atomic E-state index is 13.7. The van der Waals surface area contributed by atoms with E-state index in [0.717, 1.165) is 18.5 Å². The molecule has 0 aliphatic carbocycles. The van der Waals surface area contributed by atoms with Crippen LogP contribution in [-0.2, 0) is 4.79 Å². The molecule has 6 nitrogen and oxygen atoms in total. The molecule has 1 fully saturated rings. The van der Waals surface area contributed by atoms with Gasteiger partial charge in [-0.1, -0.05) is 0 Å². The predicted octanol–water partition coefficient (Wildman–Crippen LogP) is 1.92. The van der Waals surface area contributed by atoms with Crippen molar-refractivity contribution >= 4 is 23.7 Å². The van der Waals surface area contributed by atoms with Gasteiger partial charge in [-0.15, -0.1) is 0 Å². The number of halogens is 3. The van der Waals surface area contributed by atoms with Crippen LogP contribution in [0.25, 0.3) is 0 Å². The van der Waals surface area contributed by atoms with E-state index < -0.39 is 17.5 Å². The molecular formula is C15H14F3N5O. The average Bonchev–Trinajstić information content (AvgIpc) is 2.62. The molecule has 1 N–H and O–H groups in total. The summed E-state index contributed by atoms with van der Waals surface area (Å²) in [6, 6.07) is 3.51. The highest BCUT2D eigenvalue weighted by atomic mass is 19.2. The van der Waals surface area contributed by atoms with Crippen LogP contribution in [-0.4, -0.2) is 47.5 Å². The zero-order valence-electron chi connectivity index (χ0n) is 12.5. The van der Waals surface area contributed by atoms with Crippen molar-refractivity contribution in [2.45, 2.75) is 0 Å². The van der Waals surface area contributed by atoms with Gasteiger partial charge in [0.05, 0.1) is 5.69 Å². The number of hydrogen-bond donors (Lipinski definition) is 1. The topological polar surface area (TPSA) is 61.4 Å². The first-order valence-electron chi connectivity index (χ1n) is 7.25. The van der Waals surface area contributed by atoms with Gasteiger partial charge in [0.2, 0.25) is 6.41 Å². The van der Waals surface area contributed by atoms with E-state index in [-0.39, 0.29) is 11.5 Å².